The first-order valence-corrected chi connectivity index (χ1v) is 8.47. The van der Waals surface area contributed by atoms with Gasteiger partial charge in [-0.15, -0.1) is 0 Å². The number of nitrogens with one attached hydrogen (secondary N) is 2. The van der Waals surface area contributed by atoms with Crippen molar-refractivity contribution in [2.75, 3.05) is 0 Å². The van der Waals surface area contributed by atoms with Gasteiger partial charge in [0.05, 0.1) is 11.8 Å². The van der Waals surface area contributed by atoms with E-state index in [0.29, 0.717) is 18.8 Å². The molecule has 0 bridgehead atoms. The number of nitrogens with two attached hydrogens (primary N) is 1. The third kappa shape index (κ3) is 4.13. The second kappa shape index (κ2) is 6.84. The van der Waals surface area contributed by atoms with Crippen LogP contribution in [0, 0.1) is 0 Å². The zero-order chi connectivity index (χ0) is 15.3. The van der Waals surface area contributed by atoms with Crippen LogP contribution in [0.2, 0.25) is 0 Å². The molecule has 1 heterocycles. The summed E-state index contributed by atoms with van der Waals surface area (Å²) in [6.45, 7) is 2.23. The van der Waals surface area contributed by atoms with Crippen molar-refractivity contribution >= 4 is 10.0 Å². The van der Waals surface area contributed by atoms with E-state index in [9.17, 15) is 8.42 Å². The molecule has 0 saturated heterocycles. The van der Waals surface area contributed by atoms with Gasteiger partial charge in [-0.2, -0.15) is 0 Å². The quantitative estimate of drug-likeness (QED) is 0.720. The van der Waals surface area contributed by atoms with Crippen LogP contribution in [0.4, 0.5) is 0 Å². The van der Waals surface area contributed by atoms with Crippen LogP contribution >= 0.6 is 0 Å². The van der Waals surface area contributed by atoms with Crippen molar-refractivity contribution in [2.45, 2.75) is 31.7 Å². The minimum atomic E-state index is -3.47. The zero-order valence-electron chi connectivity index (χ0n) is 11.9. The highest BCUT2D eigenvalue weighted by Crippen LogP contribution is 2.16. The highest BCUT2D eigenvalue weighted by Gasteiger charge is 2.21. The van der Waals surface area contributed by atoms with Crippen molar-refractivity contribution in [3.63, 3.8) is 0 Å². The van der Waals surface area contributed by atoms with Crippen LogP contribution in [-0.4, -0.2) is 18.4 Å². The van der Waals surface area contributed by atoms with Crippen molar-refractivity contribution in [3.05, 3.63) is 53.6 Å². The molecule has 1 unspecified atom stereocenters. The Kier molecular flexibility index (Phi) is 5.11. The molecule has 1 aromatic heterocycles. The van der Waals surface area contributed by atoms with E-state index >= 15 is 0 Å². The van der Waals surface area contributed by atoms with Crippen molar-refractivity contribution < 1.29 is 8.42 Å². The van der Waals surface area contributed by atoms with Gasteiger partial charge in [-0.3, -0.25) is 0 Å². The molecule has 6 nitrogen and oxygen atoms in total. The normalized spacial score (nSPS) is 13.2. The number of sulfonamides is 1. The Morgan fingerprint density at radius 3 is 2.62 bits per heavy atom. The molecule has 7 heteroatoms. The van der Waals surface area contributed by atoms with E-state index in [4.69, 9.17) is 5.73 Å². The molecule has 2 rings (SSSR count). The Bertz CT molecular complexity index is 668. The van der Waals surface area contributed by atoms with E-state index < -0.39 is 10.0 Å². The summed E-state index contributed by atoms with van der Waals surface area (Å²) < 4.78 is 27.4. The molecule has 0 amide bonds. The molecule has 0 aliphatic carbocycles. The molecule has 1 atom stereocenters. The van der Waals surface area contributed by atoms with Gasteiger partial charge in [0.1, 0.15) is 5.82 Å². The van der Waals surface area contributed by atoms with Crippen LogP contribution < -0.4 is 10.5 Å². The van der Waals surface area contributed by atoms with Crippen LogP contribution in [0.1, 0.15) is 36.3 Å². The van der Waals surface area contributed by atoms with E-state index in [1.54, 1.807) is 18.5 Å². The summed E-state index contributed by atoms with van der Waals surface area (Å²) in [7, 11) is -3.47. The summed E-state index contributed by atoms with van der Waals surface area (Å²) in [6, 6.07) is 6.94. The summed E-state index contributed by atoms with van der Waals surface area (Å²) in [6.07, 6.45) is 3.90. The van der Waals surface area contributed by atoms with Gasteiger partial charge in [-0.05, 0) is 17.5 Å². The summed E-state index contributed by atoms with van der Waals surface area (Å²) in [5.41, 5.74) is 7.21. The fourth-order valence-electron chi connectivity index (χ4n) is 2.16. The van der Waals surface area contributed by atoms with Gasteiger partial charge in [0.15, 0.2) is 0 Å². The second-order valence-corrected chi connectivity index (χ2v) is 6.54. The number of H-pyrrole nitrogens is 1. The Labute approximate surface area is 124 Å². The number of imidazole rings is 1. The van der Waals surface area contributed by atoms with Crippen LogP contribution in [-0.2, 0) is 22.3 Å². The van der Waals surface area contributed by atoms with E-state index in [0.717, 1.165) is 11.1 Å². The third-order valence-corrected chi connectivity index (χ3v) is 4.60. The molecular formula is C14H20N4O2S. The second-order valence-electron chi connectivity index (χ2n) is 4.79. The largest absolute Gasteiger partial charge is 0.347 e. The van der Waals surface area contributed by atoms with Gasteiger partial charge in [0.2, 0.25) is 10.0 Å². The molecule has 4 N–H and O–H groups in total. The molecule has 0 saturated carbocycles. The fraction of sp³-hybridized carbons (Fsp3) is 0.357. The maximum atomic E-state index is 12.3. The third-order valence-electron chi connectivity index (χ3n) is 3.26. The monoisotopic (exact) mass is 308 g/mol. The first kappa shape index (κ1) is 15.7. The van der Waals surface area contributed by atoms with Crippen molar-refractivity contribution in [2.24, 2.45) is 5.73 Å². The van der Waals surface area contributed by atoms with Crippen LogP contribution in [0.3, 0.4) is 0 Å². The van der Waals surface area contributed by atoms with E-state index in [-0.39, 0.29) is 11.8 Å². The summed E-state index contributed by atoms with van der Waals surface area (Å²) in [4.78, 5) is 7.05. The van der Waals surface area contributed by atoms with Crippen LogP contribution in [0.25, 0.3) is 0 Å². The summed E-state index contributed by atoms with van der Waals surface area (Å²) in [5.74, 6) is 0.533. The Morgan fingerprint density at radius 2 is 2.05 bits per heavy atom. The van der Waals surface area contributed by atoms with Gasteiger partial charge in [0, 0.05) is 18.9 Å². The number of rotatable bonds is 7. The van der Waals surface area contributed by atoms with Gasteiger partial charge in [-0.1, -0.05) is 31.2 Å². The summed E-state index contributed by atoms with van der Waals surface area (Å²) in [5, 5.41) is 0. The highest BCUT2D eigenvalue weighted by molar-refractivity contribution is 7.88. The number of hydrogen-bond donors (Lipinski definition) is 3. The SMILES string of the molecule is CCC(NS(=O)(=O)Cc1ccccc1CN)c1ncc[nH]1. The maximum absolute atomic E-state index is 12.3. The van der Waals surface area contributed by atoms with Crippen molar-refractivity contribution in [3.8, 4) is 0 Å². The number of aromatic amines is 1. The Morgan fingerprint density at radius 1 is 1.33 bits per heavy atom. The lowest BCUT2D eigenvalue weighted by molar-refractivity contribution is 0.538. The standard InChI is InChI=1S/C14H20N4O2S/c1-2-13(14-16-7-8-17-14)18-21(19,20)10-12-6-4-3-5-11(12)9-15/h3-8,13,18H,2,9-10,15H2,1H3,(H,16,17). The Hall–Kier alpha value is -1.70. The number of nitrogens with zero attached hydrogens (tertiary/aromatic N) is 1. The first-order chi connectivity index (χ1) is 10.1. The van der Waals surface area contributed by atoms with E-state index in [1.165, 1.54) is 0 Å². The molecule has 21 heavy (non-hydrogen) atoms. The molecule has 2 aromatic rings. The number of aromatic nitrogens is 2. The first-order valence-electron chi connectivity index (χ1n) is 6.82. The van der Waals surface area contributed by atoms with Crippen LogP contribution in [0.15, 0.2) is 36.7 Å². The average Bonchev–Trinajstić information content (AvgIpc) is 2.99. The molecule has 0 aliphatic rings. The molecular weight excluding hydrogens is 288 g/mol. The molecule has 1 aromatic carbocycles. The lowest BCUT2D eigenvalue weighted by Crippen LogP contribution is -2.30. The molecule has 0 spiro atoms. The van der Waals surface area contributed by atoms with Crippen LogP contribution in [0.5, 0.6) is 0 Å². The molecule has 114 valence electrons. The van der Waals surface area contributed by atoms with Gasteiger partial charge >= 0.3 is 0 Å². The van der Waals surface area contributed by atoms with Crippen molar-refractivity contribution in [1.82, 2.24) is 14.7 Å². The average molecular weight is 308 g/mol. The maximum Gasteiger partial charge on any atom is 0.216 e. The van der Waals surface area contributed by atoms with Gasteiger partial charge in [0.25, 0.3) is 0 Å². The topological polar surface area (TPSA) is 101 Å². The fourth-order valence-corrected chi connectivity index (χ4v) is 3.65. The highest BCUT2D eigenvalue weighted by atomic mass is 32.2. The molecule has 0 radical (unpaired) electrons. The lowest BCUT2D eigenvalue weighted by atomic mass is 10.1. The minimum Gasteiger partial charge on any atom is -0.347 e. The predicted molar refractivity (Wildman–Crippen MR) is 81.7 cm³/mol. The predicted octanol–water partition coefficient (Wildman–Crippen LogP) is 1.44. The molecule has 0 fully saturated rings. The van der Waals surface area contributed by atoms with E-state index in [1.807, 2.05) is 25.1 Å². The molecule has 0 aliphatic heterocycles. The number of benzene rings is 1. The zero-order valence-corrected chi connectivity index (χ0v) is 12.7. The minimum absolute atomic E-state index is 0.0857. The summed E-state index contributed by atoms with van der Waals surface area (Å²) >= 11 is 0. The Balaban J connectivity index is 2.15. The van der Waals surface area contributed by atoms with Gasteiger partial charge in [-0.25, -0.2) is 18.1 Å². The van der Waals surface area contributed by atoms with Gasteiger partial charge < -0.3 is 10.7 Å². The van der Waals surface area contributed by atoms with E-state index in [2.05, 4.69) is 14.7 Å². The number of hydrogen-bond acceptors (Lipinski definition) is 4. The van der Waals surface area contributed by atoms with Crippen molar-refractivity contribution in [1.29, 1.82) is 0 Å². The lowest BCUT2D eigenvalue weighted by Gasteiger charge is -2.16. The smallest absolute Gasteiger partial charge is 0.216 e.